The van der Waals surface area contributed by atoms with Crippen LogP contribution >= 0.6 is 0 Å². The van der Waals surface area contributed by atoms with Crippen molar-refractivity contribution >= 4 is 11.7 Å². The van der Waals surface area contributed by atoms with E-state index in [1.807, 2.05) is 12.1 Å². The second kappa shape index (κ2) is 8.42. The van der Waals surface area contributed by atoms with E-state index in [1.54, 1.807) is 25.3 Å². The van der Waals surface area contributed by atoms with Crippen LogP contribution < -0.4 is 5.32 Å². The van der Waals surface area contributed by atoms with Crippen molar-refractivity contribution in [2.24, 2.45) is 11.8 Å². The summed E-state index contributed by atoms with van der Waals surface area (Å²) >= 11 is 0. The van der Waals surface area contributed by atoms with Crippen LogP contribution in [-0.2, 0) is 17.6 Å². The Morgan fingerprint density at radius 1 is 1.22 bits per heavy atom. The Kier molecular flexibility index (Phi) is 5.78. The third-order valence-corrected chi connectivity index (χ3v) is 5.06. The molecule has 6 heteroatoms. The number of rotatable bonds is 7. The van der Waals surface area contributed by atoms with Crippen molar-refractivity contribution in [3.63, 3.8) is 0 Å². The maximum absolute atomic E-state index is 11.4. The number of carbonyl (C=O) groups is 1. The summed E-state index contributed by atoms with van der Waals surface area (Å²) in [7, 11) is 0. The molecule has 0 amide bonds. The van der Waals surface area contributed by atoms with E-state index in [-0.39, 0.29) is 11.7 Å². The van der Waals surface area contributed by atoms with Gasteiger partial charge in [0.1, 0.15) is 11.9 Å². The van der Waals surface area contributed by atoms with E-state index >= 15 is 0 Å². The number of anilines is 1. The molecule has 1 heterocycles. The van der Waals surface area contributed by atoms with Gasteiger partial charge in [0, 0.05) is 12.5 Å². The fourth-order valence-electron chi connectivity index (χ4n) is 3.32. The normalized spacial score (nSPS) is 18.0. The van der Waals surface area contributed by atoms with E-state index in [0.29, 0.717) is 36.0 Å². The van der Waals surface area contributed by atoms with Gasteiger partial charge in [-0.15, -0.1) is 0 Å². The zero-order chi connectivity index (χ0) is 19.2. The Labute approximate surface area is 158 Å². The molecule has 1 aromatic carbocycles. The Morgan fingerprint density at radius 3 is 2.59 bits per heavy atom. The van der Waals surface area contributed by atoms with Crippen molar-refractivity contribution < 1.29 is 4.79 Å². The van der Waals surface area contributed by atoms with Crippen LogP contribution in [0.4, 0.5) is 5.95 Å². The highest BCUT2D eigenvalue weighted by atomic mass is 16.1. The van der Waals surface area contributed by atoms with Gasteiger partial charge in [0.25, 0.3) is 0 Å². The highest BCUT2D eigenvalue weighted by Gasteiger charge is 2.32. The van der Waals surface area contributed by atoms with Crippen molar-refractivity contribution in [3.05, 3.63) is 52.8 Å². The molecule has 27 heavy (non-hydrogen) atoms. The van der Waals surface area contributed by atoms with Crippen LogP contribution in [0.1, 0.15) is 42.1 Å². The molecule has 136 valence electrons. The largest absolute Gasteiger partial charge is 0.354 e. The monoisotopic (exact) mass is 359 g/mol. The zero-order valence-corrected chi connectivity index (χ0v) is 15.3. The molecule has 0 atom stereocenters. The van der Waals surface area contributed by atoms with Crippen LogP contribution in [0, 0.1) is 34.5 Å². The molecule has 0 unspecified atom stereocenters. The van der Waals surface area contributed by atoms with Gasteiger partial charge in [-0.25, -0.2) is 9.97 Å². The number of nitrogens with one attached hydrogen (secondary N) is 1. The molecule has 1 aliphatic carbocycles. The minimum atomic E-state index is 0.174. The van der Waals surface area contributed by atoms with Gasteiger partial charge < -0.3 is 5.32 Å². The molecule has 6 nitrogen and oxygen atoms in total. The first kappa shape index (κ1) is 18.5. The zero-order valence-electron chi connectivity index (χ0n) is 15.3. The number of nitriles is 2. The minimum absolute atomic E-state index is 0.174. The van der Waals surface area contributed by atoms with Gasteiger partial charge in [0.2, 0.25) is 5.95 Å². The van der Waals surface area contributed by atoms with Crippen LogP contribution in [-0.4, -0.2) is 22.3 Å². The van der Waals surface area contributed by atoms with Gasteiger partial charge in [-0.05, 0) is 56.2 Å². The fourth-order valence-corrected chi connectivity index (χ4v) is 3.32. The lowest BCUT2D eigenvalue weighted by Crippen LogP contribution is -2.30. The van der Waals surface area contributed by atoms with Gasteiger partial charge in [-0.2, -0.15) is 10.5 Å². The van der Waals surface area contributed by atoms with Crippen molar-refractivity contribution in [1.82, 2.24) is 9.97 Å². The quantitative estimate of drug-likeness (QED) is 0.815. The molecule has 2 aromatic rings. The summed E-state index contributed by atoms with van der Waals surface area (Å²) in [5, 5.41) is 21.3. The summed E-state index contributed by atoms with van der Waals surface area (Å²) in [6.45, 7) is 2.30. The number of aromatic nitrogens is 2. The van der Waals surface area contributed by atoms with Crippen molar-refractivity contribution in [3.8, 4) is 12.1 Å². The molecule has 0 radical (unpaired) electrons. The van der Waals surface area contributed by atoms with Crippen molar-refractivity contribution in [1.29, 1.82) is 10.5 Å². The average molecular weight is 359 g/mol. The van der Waals surface area contributed by atoms with Crippen molar-refractivity contribution in [2.45, 2.75) is 32.6 Å². The number of hydrogen-bond acceptors (Lipinski definition) is 6. The second-order valence-corrected chi connectivity index (χ2v) is 7.00. The van der Waals surface area contributed by atoms with E-state index < -0.39 is 0 Å². The van der Waals surface area contributed by atoms with Crippen LogP contribution in [0.25, 0.3) is 0 Å². The van der Waals surface area contributed by atoms with E-state index in [1.165, 1.54) is 0 Å². The van der Waals surface area contributed by atoms with Gasteiger partial charge >= 0.3 is 0 Å². The van der Waals surface area contributed by atoms with Crippen LogP contribution in [0.2, 0.25) is 0 Å². The number of nitrogens with zero attached hydrogens (tertiary/aromatic N) is 4. The predicted molar refractivity (Wildman–Crippen MR) is 101 cm³/mol. The fraction of sp³-hybridized carbons (Fsp3) is 0.381. The molecule has 0 aliphatic heterocycles. The Morgan fingerprint density at radius 2 is 1.96 bits per heavy atom. The van der Waals surface area contributed by atoms with Gasteiger partial charge in [-0.3, -0.25) is 4.79 Å². The van der Waals surface area contributed by atoms with Crippen LogP contribution in [0.15, 0.2) is 30.5 Å². The summed E-state index contributed by atoms with van der Waals surface area (Å²) in [6, 6.07) is 11.7. The maximum atomic E-state index is 11.4. The lowest BCUT2D eigenvalue weighted by molar-refractivity contribution is -0.124. The highest BCUT2D eigenvalue weighted by molar-refractivity contribution is 5.79. The molecule has 1 fully saturated rings. The first-order chi connectivity index (χ1) is 13.1. The Hall–Kier alpha value is -3.25. The number of benzene rings is 1. The Balaban J connectivity index is 1.57. The highest BCUT2D eigenvalue weighted by Crippen LogP contribution is 2.36. The second-order valence-electron chi connectivity index (χ2n) is 7.00. The molecule has 0 spiro atoms. The van der Waals surface area contributed by atoms with Gasteiger partial charge in [0.15, 0.2) is 0 Å². The number of hydrogen-bond donors (Lipinski definition) is 1. The van der Waals surface area contributed by atoms with E-state index in [2.05, 4.69) is 27.4 Å². The number of ketones is 1. The lowest BCUT2D eigenvalue weighted by atomic mass is 9.71. The third-order valence-electron chi connectivity index (χ3n) is 5.06. The molecule has 1 aromatic heterocycles. The Bertz CT molecular complexity index is 902. The van der Waals surface area contributed by atoms with E-state index in [0.717, 1.165) is 30.5 Å². The maximum Gasteiger partial charge on any atom is 0.222 e. The van der Waals surface area contributed by atoms with Gasteiger partial charge in [0.05, 0.1) is 29.1 Å². The molecular weight excluding hydrogens is 338 g/mol. The van der Waals surface area contributed by atoms with Crippen molar-refractivity contribution in [2.75, 3.05) is 11.9 Å². The predicted octanol–water partition coefficient (Wildman–Crippen LogP) is 3.03. The first-order valence-electron chi connectivity index (χ1n) is 9.08. The molecule has 3 rings (SSSR count). The average Bonchev–Trinajstić information content (AvgIpc) is 2.64. The summed E-state index contributed by atoms with van der Waals surface area (Å²) < 4.78 is 0. The molecule has 0 saturated heterocycles. The summed E-state index contributed by atoms with van der Waals surface area (Å²) in [5.74, 6) is 1.35. The van der Waals surface area contributed by atoms with E-state index in [9.17, 15) is 10.1 Å². The molecule has 1 N–H and O–H groups in total. The number of carbonyl (C=O) groups excluding carboxylic acids is 1. The standard InChI is InChI=1S/C21H21N5O/c1-14(27)18-8-17(9-18)10-20-19(12-23)13-25-21(26-20)24-7-6-15-2-4-16(11-22)5-3-15/h2-5,13,17-18H,6-10H2,1H3,(H,24,25,26). The summed E-state index contributed by atoms with van der Waals surface area (Å²) in [6.07, 6.45) is 4.82. The van der Waals surface area contributed by atoms with Crippen LogP contribution in [0.5, 0.6) is 0 Å². The molecule has 1 saturated carbocycles. The topological polar surface area (TPSA) is 102 Å². The first-order valence-corrected chi connectivity index (χ1v) is 9.08. The molecule has 0 bridgehead atoms. The smallest absolute Gasteiger partial charge is 0.222 e. The minimum Gasteiger partial charge on any atom is -0.354 e. The van der Waals surface area contributed by atoms with Gasteiger partial charge in [-0.1, -0.05) is 12.1 Å². The molecular formula is C21H21N5O. The SMILES string of the molecule is CC(=O)C1CC(Cc2nc(NCCc3ccc(C#N)cc3)ncc2C#N)C1. The summed E-state index contributed by atoms with van der Waals surface area (Å²) in [4.78, 5) is 20.1. The molecule has 1 aliphatic rings. The number of Topliss-reactive ketones (excluding diaryl/α,β-unsaturated/α-hetero) is 1. The third kappa shape index (κ3) is 4.68. The van der Waals surface area contributed by atoms with E-state index in [4.69, 9.17) is 5.26 Å². The summed E-state index contributed by atoms with van der Waals surface area (Å²) in [5.41, 5.74) is 3.02. The van der Waals surface area contributed by atoms with Crippen LogP contribution in [0.3, 0.4) is 0 Å². The lowest BCUT2D eigenvalue weighted by Gasteiger charge is -2.33.